The number of aliphatic hydroxyl groups is 1. The lowest BCUT2D eigenvalue weighted by atomic mass is 10.0. The van der Waals surface area contributed by atoms with Crippen molar-refractivity contribution >= 4 is 0 Å². The molecule has 1 saturated heterocycles. The van der Waals surface area contributed by atoms with Crippen LogP contribution >= 0.6 is 0 Å². The summed E-state index contributed by atoms with van der Waals surface area (Å²) in [5.41, 5.74) is 0. The van der Waals surface area contributed by atoms with Crippen LogP contribution in [0.5, 0.6) is 0 Å². The molecule has 1 heterocycles. The normalized spacial score (nSPS) is 28.4. The Balaban J connectivity index is 2.13. The van der Waals surface area contributed by atoms with Crippen LogP contribution in [0.3, 0.4) is 0 Å². The van der Waals surface area contributed by atoms with Gasteiger partial charge in [-0.2, -0.15) is 0 Å². The van der Waals surface area contributed by atoms with Crippen molar-refractivity contribution in [1.82, 2.24) is 5.32 Å². The van der Waals surface area contributed by atoms with E-state index < -0.39 is 0 Å². The molecule has 0 amide bonds. The summed E-state index contributed by atoms with van der Waals surface area (Å²) in [6.07, 6.45) is 1.27. The lowest BCUT2D eigenvalue weighted by Gasteiger charge is -2.25. The number of hydrogen-bond acceptors (Lipinski definition) is 3. The molecule has 2 N–H and O–H groups in total. The van der Waals surface area contributed by atoms with Gasteiger partial charge in [0.15, 0.2) is 0 Å². The minimum absolute atomic E-state index is 0.264. The van der Waals surface area contributed by atoms with Gasteiger partial charge in [0.1, 0.15) is 0 Å². The van der Waals surface area contributed by atoms with E-state index in [4.69, 9.17) is 9.84 Å². The van der Waals surface area contributed by atoms with Gasteiger partial charge in [-0.3, -0.25) is 0 Å². The first-order valence-electron chi connectivity index (χ1n) is 4.26. The van der Waals surface area contributed by atoms with Gasteiger partial charge in [0.2, 0.25) is 0 Å². The molecule has 2 unspecified atom stereocenters. The molecule has 0 saturated carbocycles. The average molecular weight is 159 g/mol. The Morgan fingerprint density at radius 3 is 3.09 bits per heavy atom. The fourth-order valence-corrected chi connectivity index (χ4v) is 1.29. The third-order valence-electron chi connectivity index (χ3n) is 1.98. The topological polar surface area (TPSA) is 41.5 Å². The van der Waals surface area contributed by atoms with Crippen LogP contribution in [-0.4, -0.2) is 37.5 Å². The quantitative estimate of drug-likeness (QED) is 0.608. The predicted octanol–water partition coefficient (Wildman–Crippen LogP) is -0.00670. The lowest BCUT2D eigenvalue weighted by Crippen LogP contribution is -2.39. The smallest absolute Gasteiger partial charge is 0.0703 e. The fourth-order valence-electron chi connectivity index (χ4n) is 1.29. The van der Waals surface area contributed by atoms with E-state index in [-0.39, 0.29) is 6.61 Å². The van der Waals surface area contributed by atoms with E-state index in [0.29, 0.717) is 12.0 Å². The highest BCUT2D eigenvalue weighted by molar-refractivity contribution is 4.69. The van der Waals surface area contributed by atoms with Crippen molar-refractivity contribution in [3.05, 3.63) is 0 Å². The highest BCUT2D eigenvalue weighted by atomic mass is 16.5. The Kier molecular flexibility index (Phi) is 3.83. The lowest BCUT2D eigenvalue weighted by molar-refractivity contribution is 0.00967. The van der Waals surface area contributed by atoms with Gasteiger partial charge in [-0.15, -0.1) is 0 Å². The Morgan fingerprint density at radius 2 is 2.55 bits per heavy atom. The molecule has 0 aromatic heterocycles. The summed E-state index contributed by atoms with van der Waals surface area (Å²) in [5.74, 6) is 0.361. The van der Waals surface area contributed by atoms with E-state index in [1.165, 1.54) is 0 Å². The number of nitrogens with one attached hydrogen (secondary N) is 1. The highest BCUT2D eigenvalue weighted by Gasteiger charge is 2.15. The Labute approximate surface area is 67.7 Å². The van der Waals surface area contributed by atoms with Crippen molar-refractivity contribution in [1.29, 1.82) is 0 Å². The van der Waals surface area contributed by atoms with Gasteiger partial charge < -0.3 is 15.2 Å². The van der Waals surface area contributed by atoms with Crippen LogP contribution in [-0.2, 0) is 4.74 Å². The second kappa shape index (κ2) is 4.70. The monoisotopic (exact) mass is 159 g/mol. The van der Waals surface area contributed by atoms with Crippen molar-refractivity contribution in [2.45, 2.75) is 19.4 Å². The molecule has 3 heteroatoms. The van der Waals surface area contributed by atoms with Gasteiger partial charge in [-0.1, -0.05) is 6.92 Å². The van der Waals surface area contributed by atoms with Crippen molar-refractivity contribution < 1.29 is 9.84 Å². The zero-order valence-electron chi connectivity index (χ0n) is 7.05. The number of ether oxygens (including phenoxy) is 1. The van der Waals surface area contributed by atoms with Crippen LogP contribution in [0.4, 0.5) is 0 Å². The van der Waals surface area contributed by atoms with Gasteiger partial charge in [0.25, 0.3) is 0 Å². The molecule has 1 aliphatic rings. The molecule has 66 valence electrons. The molecule has 3 nitrogen and oxygen atoms in total. The summed E-state index contributed by atoms with van der Waals surface area (Å²) in [6, 6.07) is 0. The molecular weight excluding hydrogens is 142 g/mol. The van der Waals surface area contributed by atoms with E-state index in [0.717, 1.165) is 26.1 Å². The maximum atomic E-state index is 8.79. The van der Waals surface area contributed by atoms with E-state index in [2.05, 4.69) is 5.32 Å². The molecule has 2 atom stereocenters. The molecule has 0 spiro atoms. The van der Waals surface area contributed by atoms with Crippen LogP contribution in [0.2, 0.25) is 0 Å². The van der Waals surface area contributed by atoms with E-state index in [9.17, 15) is 0 Å². The summed E-state index contributed by atoms with van der Waals surface area (Å²) in [6.45, 7) is 5.01. The van der Waals surface area contributed by atoms with Crippen LogP contribution in [0.25, 0.3) is 0 Å². The Morgan fingerprint density at radius 1 is 1.73 bits per heavy atom. The first kappa shape index (κ1) is 8.97. The SMILES string of the molecule is CC(CO)CC1CNCCO1. The molecule has 0 aromatic carbocycles. The summed E-state index contributed by atoms with van der Waals surface area (Å²) >= 11 is 0. The maximum absolute atomic E-state index is 8.79. The molecule has 0 aromatic rings. The van der Waals surface area contributed by atoms with Crippen LogP contribution in [0.1, 0.15) is 13.3 Å². The van der Waals surface area contributed by atoms with Crippen molar-refractivity contribution in [3.63, 3.8) is 0 Å². The molecule has 11 heavy (non-hydrogen) atoms. The van der Waals surface area contributed by atoms with Crippen molar-refractivity contribution in [2.75, 3.05) is 26.3 Å². The third-order valence-corrected chi connectivity index (χ3v) is 1.98. The molecule has 0 aliphatic carbocycles. The second-order valence-electron chi connectivity index (χ2n) is 3.22. The zero-order valence-corrected chi connectivity index (χ0v) is 7.05. The third kappa shape index (κ3) is 3.18. The van der Waals surface area contributed by atoms with Gasteiger partial charge in [-0.05, 0) is 12.3 Å². The van der Waals surface area contributed by atoms with Crippen LogP contribution in [0.15, 0.2) is 0 Å². The van der Waals surface area contributed by atoms with E-state index in [1.54, 1.807) is 0 Å². The number of hydrogen-bond donors (Lipinski definition) is 2. The first-order chi connectivity index (χ1) is 5.33. The number of morpholine rings is 1. The van der Waals surface area contributed by atoms with Crippen LogP contribution < -0.4 is 5.32 Å². The molecule has 1 rings (SSSR count). The minimum atomic E-state index is 0.264. The highest BCUT2D eigenvalue weighted by Crippen LogP contribution is 2.09. The van der Waals surface area contributed by atoms with Gasteiger partial charge in [0, 0.05) is 19.7 Å². The Hall–Kier alpha value is -0.120. The molecular formula is C8H17NO2. The number of rotatable bonds is 3. The number of aliphatic hydroxyl groups excluding tert-OH is 1. The first-order valence-corrected chi connectivity index (χ1v) is 4.26. The molecule has 0 bridgehead atoms. The summed E-state index contributed by atoms with van der Waals surface area (Å²) in [7, 11) is 0. The predicted molar refractivity (Wildman–Crippen MR) is 43.5 cm³/mol. The molecule has 1 aliphatic heterocycles. The maximum Gasteiger partial charge on any atom is 0.0703 e. The van der Waals surface area contributed by atoms with Crippen molar-refractivity contribution in [3.8, 4) is 0 Å². The van der Waals surface area contributed by atoms with Crippen LogP contribution in [0, 0.1) is 5.92 Å². The van der Waals surface area contributed by atoms with Gasteiger partial charge >= 0.3 is 0 Å². The Bertz CT molecular complexity index is 102. The van der Waals surface area contributed by atoms with Gasteiger partial charge in [0.05, 0.1) is 12.7 Å². The summed E-state index contributed by atoms with van der Waals surface area (Å²) < 4.78 is 5.48. The van der Waals surface area contributed by atoms with Crippen molar-refractivity contribution in [2.24, 2.45) is 5.92 Å². The second-order valence-corrected chi connectivity index (χ2v) is 3.22. The van der Waals surface area contributed by atoms with E-state index >= 15 is 0 Å². The summed E-state index contributed by atoms with van der Waals surface area (Å²) in [4.78, 5) is 0. The average Bonchev–Trinajstić information content (AvgIpc) is 2.06. The van der Waals surface area contributed by atoms with E-state index in [1.807, 2.05) is 6.92 Å². The molecule has 0 radical (unpaired) electrons. The largest absolute Gasteiger partial charge is 0.396 e. The molecule has 1 fully saturated rings. The summed E-state index contributed by atoms with van der Waals surface area (Å²) in [5, 5.41) is 12.0. The minimum Gasteiger partial charge on any atom is -0.396 e. The standard InChI is InChI=1S/C8H17NO2/c1-7(6-10)4-8-5-9-2-3-11-8/h7-10H,2-6H2,1H3. The zero-order chi connectivity index (χ0) is 8.10. The van der Waals surface area contributed by atoms with Gasteiger partial charge in [-0.25, -0.2) is 0 Å². The fraction of sp³-hybridized carbons (Fsp3) is 1.00.